The normalized spacial score (nSPS) is 12.0. The van der Waals surface area contributed by atoms with Crippen LogP contribution in [0.1, 0.15) is 38.2 Å². The summed E-state index contributed by atoms with van der Waals surface area (Å²) >= 11 is 0. The molecule has 0 bridgehead atoms. The lowest BCUT2D eigenvalue weighted by atomic mass is 9.88. The van der Waals surface area contributed by atoms with Crippen molar-refractivity contribution in [2.24, 2.45) is 0 Å². The van der Waals surface area contributed by atoms with Crippen molar-refractivity contribution in [1.82, 2.24) is 0 Å². The number of hydrogen-bond acceptors (Lipinski definition) is 1. The van der Waals surface area contributed by atoms with Crippen LogP contribution in [0, 0.1) is 0 Å². The number of anilines is 1. The SMILES string of the molecule is CCCCCCc1cc2cccc3c4cccc5cc(N)cc(c(c1)c23)c54. The first-order chi connectivity index (χ1) is 13.3. The highest BCUT2D eigenvalue weighted by molar-refractivity contribution is 6.33. The molecule has 5 rings (SSSR count). The van der Waals surface area contributed by atoms with Gasteiger partial charge in [0.05, 0.1) is 0 Å². The van der Waals surface area contributed by atoms with E-state index in [9.17, 15) is 0 Å². The number of hydrogen-bond donors (Lipinski definition) is 1. The molecule has 27 heavy (non-hydrogen) atoms. The van der Waals surface area contributed by atoms with E-state index in [1.807, 2.05) is 0 Å². The number of nitrogen functional groups attached to an aromatic ring is 1. The fraction of sp³-hybridized carbons (Fsp3) is 0.231. The third kappa shape index (κ3) is 2.61. The van der Waals surface area contributed by atoms with Crippen molar-refractivity contribution < 1.29 is 0 Å². The van der Waals surface area contributed by atoms with Crippen LogP contribution in [0.3, 0.4) is 0 Å². The molecule has 0 spiro atoms. The van der Waals surface area contributed by atoms with Gasteiger partial charge < -0.3 is 5.73 Å². The number of rotatable bonds is 5. The second-order valence-electron chi connectivity index (χ2n) is 7.83. The summed E-state index contributed by atoms with van der Waals surface area (Å²) in [6, 6.07) is 22.4. The molecule has 5 aromatic carbocycles. The van der Waals surface area contributed by atoms with Crippen LogP contribution in [-0.4, -0.2) is 0 Å². The van der Waals surface area contributed by atoms with Gasteiger partial charge in [0.1, 0.15) is 0 Å². The number of unbranched alkanes of at least 4 members (excludes halogenated alkanes) is 3. The summed E-state index contributed by atoms with van der Waals surface area (Å²) in [6.07, 6.45) is 6.34. The summed E-state index contributed by atoms with van der Waals surface area (Å²) in [5.74, 6) is 0. The van der Waals surface area contributed by atoms with Crippen LogP contribution in [0.2, 0.25) is 0 Å². The lowest BCUT2D eigenvalue weighted by Crippen LogP contribution is -1.92. The Bertz CT molecular complexity index is 1270. The summed E-state index contributed by atoms with van der Waals surface area (Å²) in [5, 5.41) is 10.6. The van der Waals surface area contributed by atoms with E-state index in [4.69, 9.17) is 5.73 Å². The predicted octanol–water partition coefficient (Wildman–Crippen LogP) is 7.44. The molecule has 0 amide bonds. The maximum atomic E-state index is 6.27. The number of aryl methyl sites for hydroxylation is 1. The first-order valence-electron chi connectivity index (χ1n) is 10.1. The van der Waals surface area contributed by atoms with Gasteiger partial charge >= 0.3 is 0 Å². The Balaban J connectivity index is 1.84. The smallest absolute Gasteiger partial charge is 0.0326 e. The first kappa shape index (κ1) is 16.4. The number of benzene rings is 5. The minimum Gasteiger partial charge on any atom is -0.399 e. The van der Waals surface area contributed by atoms with Gasteiger partial charge in [0, 0.05) is 5.69 Å². The van der Waals surface area contributed by atoms with Crippen LogP contribution in [0.5, 0.6) is 0 Å². The molecular formula is C26H25N. The topological polar surface area (TPSA) is 26.0 Å². The quantitative estimate of drug-likeness (QED) is 0.151. The number of fused-ring (bicyclic) bond motifs is 2. The third-order valence-corrected chi connectivity index (χ3v) is 5.94. The monoisotopic (exact) mass is 351 g/mol. The Morgan fingerprint density at radius 3 is 2.04 bits per heavy atom. The van der Waals surface area contributed by atoms with E-state index in [2.05, 4.69) is 67.6 Å². The summed E-state index contributed by atoms with van der Waals surface area (Å²) in [4.78, 5) is 0. The molecule has 1 nitrogen and oxygen atoms in total. The zero-order chi connectivity index (χ0) is 18.4. The molecule has 0 atom stereocenters. The molecule has 0 unspecified atom stereocenters. The maximum absolute atomic E-state index is 6.27. The van der Waals surface area contributed by atoms with E-state index in [0.29, 0.717) is 0 Å². The fourth-order valence-electron chi connectivity index (χ4n) is 4.72. The van der Waals surface area contributed by atoms with Crippen molar-refractivity contribution in [2.45, 2.75) is 39.0 Å². The van der Waals surface area contributed by atoms with E-state index >= 15 is 0 Å². The molecule has 0 aliphatic rings. The van der Waals surface area contributed by atoms with Crippen LogP contribution in [0.4, 0.5) is 5.69 Å². The summed E-state index contributed by atoms with van der Waals surface area (Å²) in [5.41, 5.74) is 8.56. The van der Waals surface area contributed by atoms with Crippen molar-refractivity contribution in [3.8, 4) is 0 Å². The molecule has 0 radical (unpaired) electrons. The average Bonchev–Trinajstić information content (AvgIpc) is 2.68. The van der Waals surface area contributed by atoms with Gasteiger partial charge in [0.2, 0.25) is 0 Å². The van der Waals surface area contributed by atoms with Crippen molar-refractivity contribution in [3.63, 3.8) is 0 Å². The summed E-state index contributed by atoms with van der Waals surface area (Å²) < 4.78 is 0. The van der Waals surface area contributed by atoms with Gasteiger partial charge in [-0.15, -0.1) is 0 Å². The highest BCUT2D eigenvalue weighted by Gasteiger charge is 2.14. The molecule has 0 fully saturated rings. The molecule has 0 saturated carbocycles. The molecule has 5 aromatic rings. The van der Waals surface area contributed by atoms with Crippen LogP contribution < -0.4 is 5.73 Å². The Hall–Kier alpha value is -2.80. The molecular weight excluding hydrogens is 326 g/mol. The molecule has 2 N–H and O–H groups in total. The zero-order valence-corrected chi connectivity index (χ0v) is 15.9. The molecule has 0 saturated heterocycles. The summed E-state index contributed by atoms with van der Waals surface area (Å²) in [6.45, 7) is 2.27. The van der Waals surface area contributed by atoms with E-state index in [0.717, 1.165) is 12.1 Å². The van der Waals surface area contributed by atoms with Gasteiger partial charge in [-0.1, -0.05) is 74.7 Å². The van der Waals surface area contributed by atoms with Gasteiger partial charge in [0.15, 0.2) is 0 Å². The maximum Gasteiger partial charge on any atom is 0.0326 e. The van der Waals surface area contributed by atoms with Crippen molar-refractivity contribution in [3.05, 3.63) is 66.2 Å². The highest BCUT2D eigenvalue weighted by atomic mass is 14.5. The zero-order valence-electron chi connectivity index (χ0n) is 15.9. The second kappa shape index (κ2) is 6.42. The second-order valence-corrected chi connectivity index (χ2v) is 7.83. The minimum atomic E-state index is 0.843. The van der Waals surface area contributed by atoms with Crippen LogP contribution in [0.25, 0.3) is 43.1 Å². The van der Waals surface area contributed by atoms with Crippen molar-refractivity contribution in [2.75, 3.05) is 5.73 Å². The van der Waals surface area contributed by atoms with E-state index in [1.165, 1.54) is 74.3 Å². The predicted molar refractivity (Wildman–Crippen MR) is 120 cm³/mol. The van der Waals surface area contributed by atoms with Crippen molar-refractivity contribution >= 4 is 48.8 Å². The van der Waals surface area contributed by atoms with E-state index in [-0.39, 0.29) is 0 Å². The van der Waals surface area contributed by atoms with Crippen molar-refractivity contribution in [1.29, 1.82) is 0 Å². The standard InChI is InChI=1S/C26H25N/c1-2-3-4-5-8-17-13-18-9-6-11-21-22-12-7-10-19-15-20(27)16-24(26(19)22)23(14-17)25(18)21/h6-7,9-16H,2-5,8,27H2,1H3. The molecule has 1 heteroatoms. The largest absolute Gasteiger partial charge is 0.399 e. The van der Waals surface area contributed by atoms with Crippen LogP contribution in [0.15, 0.2) is 60.7 Å². The summed E-state index contributed by atoms with van der Waals surface area (Å²) in [7, 11) is 0. The van der Waals surface area contributed by atoms with Gasteiger partial charge in [-0.2, -0.15) is 0 Å². The van der Waals surface area contributed by atoms with E-state index < -0.39 is 0 Å². The van der Waals surface area contributed by atoms with Crippen LogP contribution >= 0.6 is 0 Å². The molecule has 0 heterocycles. The molecule has 0 aromatic heterocycles. The molecule has 134 valence electrons. The highest BCUT2D eigenvalue weighted by Crippen LogP contribution is 2.41. The molecule has 0 aliphatic carbocycles. The lowest BCUT2D eigenvalue weighted by Gasteiger charge is -2.16. The van der Waals surface area contributed by atoms with Gasteiger partial charge in [-0.25, -0.2) is 0 Å². The average molecular weight is 351 g/mol. The van der Waals surface area contributed by atoms with Gasteiger partial charge in [-0.3, -0.25) is 0 Å². The minimum absolute atomic E-state index is 0.843. The lowest BCUT2D eigenvalue weighted by molar-refractivity contribution is 0.667. The number of nitrogens with two attached hydrogens (primary N) is 1. The van der Waals surface area contributed by atoms with Crippen LogP contribution in [-0.2, 0) is 6.42 Å². The van der Waals surface area contributed by atoms with Gasteiger partial charge in [-0.05, 0) is 73.6 Å². The van der Waals surface area contributed by atoms with E-state index in [1.54, 1.807) is 0 Å². The molecule has 0 aliphatic heterocycles. The Labute approximate surface area is 160 Å². The fourth-order valence-corrected chi connectivity index (χ4v) is 4.72. The Kier molecular flexibility index (Phi) is 3.89. The Morgan fingerprint density at radius 2 is 1.33 bits per heavy atom. The van der Waals surface area contributed by atoms with Gasteiger partial charge in [0.25, 0.3) is 0 Å². The Morgan fingerprint density at radius 1 is 0.667 bits per heavy atom. The first-order valence-corrected chi connectivity index (χ1v) is 10.1. The third-order valence-electron chi connectivity index (χ3n) is 5.94.